The Morgan fingerprint density at radius 2 is 1.41 bits per heavy atom. The van der Waals surface area contributed by atoms with E-state index < -0.39 is 22.5 Å². The first-order chi connectivity index (χ1) is 18.0. The highest BCUT2D eigenvalue weighted by molar-refractivity contribution is 7.92. The van der Waals surface area contributed by atoms with Gasteiger partial charge in [0, 0.05) is 11.8 Å². The fraction of sp³-hybridized carbons (Fsp3) is 0.107. The van der Waals surface area contributed by atoms with Crippen LogP contribution in [0.2, 0.25) is 0 Å². The summed E-state index contributed by atoms with van der Waals surface area (Å²) in [6.45, 7) is 0.433. The molecule has 0 radical (unpaired) electrons. The largest absolute Gasteiger partial charge is 0.486 e. The zero-order chi connectivity index (χ0) is 25.7. The number of carbonyl (C=O) groups is 1. The Morgan fingerprint density at radius 1 is 0.784 bits per heavy atom. The van der Waals surface area contributed by atoms with Crippen molar-refractivity contribution >= 4 is 27.3 Å². The average molecular weight is 517 g/mol. The predicted molar refractivity (Wildman–Crippen MR) is 140 cm³/mol. The topological polar surface area (TPSA) is 94.2 Å². The van der Waals surface area contributed by atoms with E-state index in [0.29, 0.717) is 47.6 Å². The summed E-state index contributed by atoms with van der Waals surface area (Å²) in [5.74, 6) is 1.79. The molecule has 0 atom stereocenters. The number of anilines is 2. The molecule has 0 saturated carbocycles. The van der Waals surface area contributed by atoms with Gasteiger partial charge in [0.2, 0.25) is 5.91 Å². The molecule has 0 saturated heterocycles. The predicted octanol–water partition coefficient (Wildman–Crippen LogP) is 5.08. The second kappa shape index (κ2) is 10.6. The lowest BCUT2D eigenvalue weighted by molar-refractivity contribution is -0.114. The maximum absolute atomic E-state index is 13.6. The molecule has 1 aliphatic rings. The fourth-order valence-electron chi connectivity index (χ4n) is 3.79. The molecule has 188 valence electrons. The summed E-state index contributed by atoms with van der Waals surface area (Å²) < 4.78 is 45.1. The standard InChI is InChI=1S/C28H24N2O6S/c31-28(29-21-11-16-26-27(19-21)35-18-17-34-26)20-30(37(32,33)25-9-5-2-6-10-25)22-12-14-24(15-13-22)36-23-7-3-1-4-8-23/h1-16,19H,17-18,20H2,(H,29,31). The molecule has 5 rings (SSSR count). The van der Waals surface area contributed by atoms with Crippen LogP contribution in [0.5, 0.6) is 23.0 Å². The Labute approximate surface area is 215 Å². The van der Waals surface area contributed by atoms with Crippen LogP contribution < -0.4 is 23.8 Å². The highest BCUT2D eigenvalue weighted by Gasteiger charge is 2.27. The van der Waals surface area contributed by atoms with Crippen molar-refractivity contribution < 1.29 is 27.4 Å². The summed E-state index contributed by atoms with van der Waals surface area (Å²) in [4.78, 5) is 13.1. The van der Waals surface area contributed by atoms with Crippen LogP contribution in [0.3, 0.4) is 0 Å². The van der Waals surface area contributed by atoms with Gasteiger partial charge in [-0.3, -0.25) is 9.10 Å². The quantitative estimate of drug-likeness (QED) is 0.351. The number of hydrogen-bond donors (Lipinski definition) is 1. The van der Waals surface area contributed by atoms with Crippen molar-refractivity contribution in [1.29, 1.82) is 0 Å². The Balaban J connectivity index is 1.39. The van der Waals surface area contributed by atoms with Crippen LogP contribution >= 0.6 is 0 Å². The molecule has 1 amide bonds. The van der Waals surface area contributed by atoms with Crippen LogP contribution in [-0.4, -0.2) is 34.1 Å². The van der Waals surface area contributed by atoms with Crippen LogP contribution in [0.4, 0.5) is 11.4 Å². The number of sulfonamides is 1. The summed E-state index contributed by atoms with van der Waals surface area (Å²) in [6.07, 6.45) is 0. The van der Waals surface area contributed by atoms with Crippen LogP contribution in [0.25, 0.3) is 0 Å². The van der Waals surface area contributed by atoms with Crippen LogP contribution in [0.15, 0.2) is 108 Å². The third-order valence-electron chi connectivity index (χ3n) is 5.55. The maximum atomic E-state index is 13.6. The molecule has 1 aliphatic heterocycles. The third kappa shape index (κ3) is 5.68. The van der Waals surface area contributed by atoms with Crippen molar-refractivity contribution in [2.24, 2.45) is 0 Å². The molecular formula is C28H24N2O6S. The normalized spacial score (nSPS) is 12.4. The second-order valence-electron chi connectivity index (χ2n) is 8.14. The molecule has 37 heavy (non-hydrogen) atoms. The number of rotatable bonds is 8. The number of nitrogens with zero attached hydrogens (tertiary/aromatic N) is 1. The third-order valence-corrected chi connectivity index (χ3v) is 7.34. The van der Waals surface area contributed by atoms with E-state index in [1.807, 2.05) is 30.3 Å². The number of hydrogen-bond acceptors (Lipinski definition) is 6. The van der Waals surface area contributed by atoms with Gasteiger partial charge >= 0.3 is 0 Å². The first kappa shape index (κ1) is 24.2. The summed E-state index contributed by atoms with van der Waals surface area (Å²) in [5, 5.41) is 2.75. The smallest absolute Gasteiger partial charge is 0.264 e. The van der Waals surface area contributed by atoms with Gasteiger partial charge in [-0.25, -0.2) is 8.42 Å². The Hall–Kier alpha value is -4.50. The molecular weight excluding hydrogens is 492 g/mol. The molecule has 4 aromatic rings. The molecule has 8 nitrogen and oxygen atoms in total. The molecule has 4 aromatic carbocycles. The molecule has 0 aromatic heterocycles. The minimum Gasteiger partial charge on any atom is -0.486 e. The van der Waals surface area contributed by atoms with Gasteiger partial charge in [-0.15, -0.1) is 0 Å². The van der Waals surface area contributed by atoms with Crippen LogP contribution in [0.1, 0.15) is 0 Å². The summed E-state index contributed by atoms with van der Waals surface area (Å²) in [6, 6.07) is 28.8. The van der Waals surface area contributed by atoms with Crippen molar-refractivity contribution in [1.82, 2.24) is 0 Å². The lowest BCUT2D eigenvalue weighted by Gasteiger charge is -2.24. The van der Waals surface area contributed by atoms with Gasteiger partial charge in [0.15, 0.2) is 11.5 Å². The van der Waals surface area contributed by atoms with Gasteiger partial charge in [0.25, 0.3) is 10.0 Å². The average Bonchev–Trinajstić information content (AvgIpc) is 2.93. The van der Waals surface area contributed by atoms with E-state index in [-0.39, 0.29) is 4.90 Å². The monoisotopic (exact) mass is 516 g/mol. The van der Waals surface area contributed by atoms with Gasteiger partial charge in [-0.2, -0.15) is 0 Å². The Kier molecular flexibility index (Phi) is 6.96. The minimum absolute atomic E-state index is 0.0757. The van der Waals surface area contributed by atoms with E-state index in [0.717, 1.165) is 4.31 Å². The maximum Gasteiger partial charge on any atom is 0.264 e. The van der Waals surface area contributed by atoms with E-state index in [1.54, 1.807) is 60.7 Å². The first-order valence-corrected chi connectivity index (χ1v) is 13.0. The summed E-state index contributed by atoms with van der Waals surface area (Å²) in [7, 11) is -4.04. The van der Waals surface area contributed by atoms with Crippen LogP contribution in [-0.2, 0) is 14.8 Å². The lowest BCUT2D eigenvalue weighted by atomic mass is 10.2. The van der Waals surface area contributed by atoms with Gasteiger partial charge in [-0.05, 0) is 60.7 Å². The zero-order valence-electron chi connectivity index (χ0n) is 19.7. The van der Waals surface area contributed by atoms with Gasteiger partial charge in [0.05, 0.1) is 10.6 Å². The van der Waals surface area contributed by atoms with E-state index >= 15 is 0 Å². The van der Waals surface area contributed by atoms with Gasteiger partial charge in [0.1, 0.15) is 31.3 Å². The summed E-state index contributed by atoms with van der Waals surface area (Å²) in [5.41, 5.74) is 0.791. The van der Waals surface area contributed by atoms with Gasteiger partial charge < -0.3 is 19.5 Å². The molecule has 0 bridgehead atoms. The molecule has 0 unspecified atom stereocenters. The van der Waals surface area contributed by atoms with E-state index in [9.17, 15) is 13.2 Å². The van der Waals surface area contributed by atoms with E-state index in [1.165, 1.54) is 12.1 Å². The van der Waals surface area contributed by atoms with Crippen molar-refractivity contribution in [2.45, 2.75) is 4.90 Å². The number of para-hydroxylation sites is 1. The minimum atomic E-state index is -4.04. The zero-order valence-corrected chi connectivity index (χ0v) is 20.6. The first-order valence-electron chi connectivity index (χ1n) is 11.6. The van der Waals surface area contributed by atoms with E-state index in [2.05, 4.69) is 5.32 Å². The second-order valence-corrected chi connectivity index (χ2v) is 10.0. The lowest BCUT2D eigenvalue weighted by Crippen LogP contribution is -2.38. The van der Waals surface area contributed by atoms with Crippen molar-refractivity contribution in [2.75, 3.05) is 29.4 Å². The van der Waals surface area contributed by atoms with E-state index in [4.69, 9.17) is 14.2 Å². The number of nitrogens with one attached hydrogen (secondary N) is 1. The Morgan fingerprint density at radius 3 is 2.11 bits per heavy atom. The van der Waals surface area contributed by atoms with Crippen molar-refractivity contribution in [3.8, 4) is 23.0 Å². The highest BCUT2D eigenvalue weighted by atomic mass is 32.2. The number of benzene rings is 4. The number of carbonyl (C=O) groups excluding carboxylic acids is 1. The van der Waals surface area contributed by atoms with Crippen LogP contribution in [0, 0.1) is 0 Å². The van der Waals surface area contributed by atoms with Crippen molar-refractivity contribution in [3.05, 3.63) is 103 Å². The highest BCUT2D eigenvalue weighted by Crippen LogP contribution is 2.33. The van der Waals surface area contributed by atoms with Crippen molar-refractivity contribution in [3.63, 3.8) is 0 Å². The molecule has 0 aliphatic carbocycles. The fourth-order valence-corrected chi connectivity index (χ4v) is 5.23. The number of fused-ring (bicyclic) bond motifs is 1. The molecule has 1 N–H and O–H groups in total. The number of amides is 1. The Bertz CT molecular complexity index is 1480. The summed E-state index contributed by atoms with van der Waals surface area (Å²) >= 11 is 0. The molecule has 9 heteroatoms. The molecule has 1 heterocycles. The SMILES string of the molecule is O=C(CN(c1ccc(Oc2ccccc2)cc1)S(=O)(=O)c1ccccc1)Nc1ccc2c(c1)OCCO2. The molecule has 0 fully saturated rings. The number of ether oxygens (including phenoxy) is 3. The van der Waals surface area contributed by atoms with Gasteiger partial charge in [-0.1, -0.05) is 36.4 Å². The molecule has 0 spiro atoms.